The minimum atomic E-state index is -1.44. The lowest BCUT2D eigenvalue weighted by atomic mass is 9.44. The van der Waals surface area contributed by atoms with Crippen LogP contribution in [0, 0.1) is 23.7 Å². The second-order valence-electron chi connectivity index (χ2n) is 13.9. The highest BCUT2D eigenvalue weighted by atomic mass is 35.5. The van der Waals surface area contributed by atoms with E-state index in [0.29, 0.717) is 41.5 Å². The number of allylic oxidation sites excluding steroid dienone is 4. The highest BCUT2D eigenvalue weighted by Crippen LogP contribution is 2.64. The molecule has 2 fully saturated rings. The summed E-state index contributed by atoms with van der Waals surface area (Å²) in [5.41, 5.74) is 1.45. The molecular weight excluding hydrogens is 670 g/mol. The fourth-order valence-corrected chi connectivity index (χ4v) is 9.39. The number of aromatic hydroxyl groups is 1. The maximum atomic E-state index is 15.1. The molecule has 0 radical (unpaired) electrons. The van der Waals surface area contributed by atoms with E-state index in [1.165, 1.54) is 18.1 Å². The summed E-state index contributed by atoms with van der Waals surface area (Å²) in [5.74, 6) is -5.71. The van der Waals surface area contributed by atoms with Gasteiger partial charge in [-0.15, -0.1) is 0 Å². The van der Waals surface area contributed by atoms with Crippen LogP contribution in [-0.2, 0) is 29.4 Å². The molecule has 3 aromatic rings. The standard InChI is InChI=1S/C41H38ClNO8/c1-51-32-20-24(19-31(42)38(32)48)36-26-16-17-27-35(40(50)43(39(27)49)18-10-4-9-15-34(45)46)29(26)21-30-37(47)28(23-11-5-2-6-12-23)22-33(44)41(30,36)25-13-7-3-8-14-25/h2-3,5-8,11-14,16,19-20,22,27,29-30,35-36,48H,4,9-10,15,17-18,21H2,1H3,(H,45,46)/t27-,29+,30-,35-,36-,41-/m0/s1. The van der Waals surface area contributed by atoms with Gasteiger partial charge in [0, 0.05) is 30.4 Å². The van der Waals surface area contributed by atoms with Gasteiger partial charge in [-0.25, -0.2) is 0 Å². The highest BCUT2D eigenvalue weighted by Gasteiger charge is 2.65. The number of carboxylic acids is 1. The Labute approximate surface area is 300 Å². The van der Waals surface area contributed by atoms with Gasteiger partial charge in [0.15, 0.2) is 23.1 Å². The minimum absolute atomic E-state index is 0.0109. The lowest BCUT2D eigenvalue weighted by molar-refractivity contribution is -0.141. The summed E-state index contributed by atoms with van der Waals surface area (Å²) < 4.78 is 5.52. The largest absolute Gasteiger partial charge is 0.503 e. The zero-order chi connectivity index (χ0) is 36.0. The van der Waals surface area contributed by atoms with E-state index < -0.39 is 41.0 Å². The van der Waals surface area contributed by atoms with Crippen molar-refractivity contribution in [2.24, 2.45) is 23.7 Å². The summed E-state index contributed by atoms with van der Waals surface area (Å²) in [6.07, 6.45) is 5.39. The first kappa shape index (κ1) is 34.4. The summed E-state index contributed by atoms with van der Waals surface area (Å²) in [7, 11) is 1.41. The van der Waals surface area contributed by atoms with Crippen LogP contribution >= 0.6 is 11.6 Å². The molecule has 0 unspecified atom stereocenters. The Kier molecular flexibility index (Phi) is 9.18. The molecule has 2 N–H and O–H groups in total. The molecule has 6 atom stereocenters. The number of methoxy groups -OCH3 is 1. The normalized spacial score (nSPS) is 26.9. The number of imide groups is 1. The predicted molar refractivity (Wildman–Crippen MR) is 189 cm³/mol. The molecular formula is C41H38ClNO8. The van der Waals surface area contributed by atoms with E-state index in [0.717, 1.165) is 5.57 Å². The fourth-order valence-electron chi connectivity index (χ4n) is 9.17. The van der Waals surface area contributed by atoms with E-state index in [2.05, 4.69) is 0 Å². The number of halogens is 1. The molecule has 1 aliphatic heterocycles. The Hall–Kier alpha value is -5.02. The Balaban J connectivity index is 1.40. The summed E-state index contributed by atoms with van der Waals surface area (Å²) in [6, 6.07) is 21.5. The number of phenolic OH excluding ortho intramolecular Hbond substituents is 1. The van der Waals surface area contributed by atoms with Gasteiger partial charge in [0.1, 0.15) is 0 Å². The van der Waals surface area contributed by atoms with E-state index >= 15 is 4.79 Å². The molecule has 1 saturated carbocycles. The van der Waals surface area contributed by atoms with Crippen LogP contribution in [0.1, 0.15) is 61.1 Å². The molecule has 0 spiro atoms. The first-order chi connectivity index (χ1) is 24.6. The van der Waals surface area contributed by atoms with E-state index in [1.807, 2.05) is 54.6 Å². The summed E-state index contributed by atoms with van der Waals surface area (Å²) in [4.78, 5) is 70.5. The van der Waals surface area contributed by atoms with Crippen molar-refractivity contribution in [3.05, 3.63) is 112 Å². The number of Topliss-reactive ketones (excluding diaryl/α,β-unsaturated/α-hetero) is 1. The first-order valence-electron chi connectivity index (χ1n) is 17.3. The number of hydrogen-bond acceptors (Lipinski definition) is 7. The maximum absolute atomic E-state index is 15.1. The van der Waals surface area contributed by atoms with Crippen molar-refractivity contribution >= 4 is 46.5 Å². The SMILES string of the molecule is COc1cc([C@H]2C3=CC[C@@H]4C(=O)N(CCCCCC(=O)O)C(=O)[C@@H]4[C@@H]3C[C@H]3C(=O)C(c4ccccc4)=CC(=O)[C@@]23c2ccccc2)cc(Cl)c1O. The Morgan fingerprint density at radius 3 is 2.33 bits per heavy atom. The van der Waals surface area contributed by atoms with Gasteiger partial charge in [0.05, 0.1) is 29.4 Å². The zero-order valence-electron chi connectivity index (χ0n) is 28.1. The lowest BCUT2D eigenvalue weighted by Gasteiger charge is -2.55. The summed E-state index contributed by atoms with van der Waals surface area (Å²) in [6.45, 7) is 0.191. The van der Waals surface area contributed by atoms with Crippen LogP contribution in [0.2, 0.25) is 5.02 Å². The van der Waals surface area contributed by atoms with Gasteiger partial charge in [-0.2, -0.15) is 0 Å². The van der Waals surface area contributed by atoms with Crippen molar-refractivity contribution in [1.29, 1.82) is 0 Å². The summed E-state index contributed by atoms with van der Waals surface area (Å²) >= 11 is 6.61. The van der Waals surface area contributed by atoms with E-state index in [4.69, 9.17) is 21.4 Å². The first-order valence-corrected chi connectivity index (χ1v) is 17.7. The molecule has 0 bridgehead atoms. The van der Waals surface area contributed by atoms with Gasteiger partial charge in [-0.05, 0) is 66.5 Å². The number of rotatable bonds is 10. The number of unbranched alkanes of at least 4 members (excludes halogenated alkanes) is 2. The Morgan fingerprint density at radius 2 is 1.65 bits per heavy atom. The third-order valence-electron chi connectivity index (χ3n) is 11.3. The van der Waals surface area contributed by atoms with Crippen LogP contribution in [0.4, 0.5) is 0 Å². The maximum Gasteiger partial charge on any atom is 0.303 e. The number of ketones is 2. The molecule has 3 aromatic carbocycles. The van der Waals surface area contributed by atoms with Crippen molar-refractivity contribution in [2.75, 3.05) is 13.7 Å². The van der Waals surface area contributed by atoms with Gasteiger partial charge in [0.2, 0.25) is 11.8 Å². The second kappa shape index (κ2) is 13.6. The van der Waals surface area contributed by atoms with Crippen LogP contribution in [0.25, 0.3) is 5.57 Å². The van der Waals surface area contributed by atoms with Crippen LogP contribution < -0.4 is 4.74 Å². The monoisotopic (exact) mass is 707 g/mol. The second-order valence-corrected chi connectivity index (χ2v) is 14.3. The number of hydrogen-bond donors (Lipinski definition) is 2. The van der Waals surface area contributed by atoms with E-state index in [-0.39, 0.29) is 65.7 Å². The predicted octanol–water partition coefficient (Wildman–Crippen LogP) is 6.52. The number of benzene rings is 3. The van der Waals surface area contributed by atoms with Crippen molar-refractivity contribution < 1.29 is 38.9 Å². The Morgan fingerprint density at radius 1 is 0.941 bits per heavy atom. The van der Waals surface area contributed by atoms with E-state index in [9.17, 15) is 24.3 Å². The molecule has 262 valence electrons. The van der Waals surface area contributed by atoms with Gasteiger partial charge in [-0.1, -0.05) is 90.3 Å². The van der Waals surface area contributed by atoms with Crippen molar-refractivity contribution in [3.8, 4) is 11.5 Å². The molecule has 0 aromatic heterocycles. The average molecular weight is 708 g/mol. The van der Waals surface area contributed by atoms with Crippen molar-refractivity contribution in [3.63, 3.8) is 0 Å². The molecule has 2 amide bonds. The fraction of sp³-hybridized carbons (Fsp3) is 0.341. The van der Waals surface area contributed by atoms with Gasteiger partial charge in [-0.3, -0.25) is 28.9 Å². The number of phenols is 1. The molecule has 7 rings (SSSR count). The molecule has 3 aliphatic carbocycles. The highest BCUT2D eigenvalue weighted by molar-refractivity contribution is 6.33. The number of carboxylic acid groups (broad SMARTS) is 1. The van der Waals surface area contributed by atoms with Crippen LogP contribution in [0.5, 0.6) is 11.5 Å². The lowest BCUT2D eigenvalue weighted by Crippen LogP contribution is -2.58. The molecule has 51 heavy (non-hydrogen) atoms. The molecule has 9 nitrogen and oxygen atoms in total. The number of carbonyl (C=O) groups excluding carboxylic acids is 4. The zero-order valence-corrected chi connectivity index (χ0v) is 28.8. The topological polar surface area (TPSA) is 138 Å². The molecule has 1 heterocycles. The van der Waals surface area contributed by atoms with Crippen molar-refractivity contribution in [2.45, 2.75) is 49.9 Å². The quantitative estimate of drug-likeness (QED) is 0.138. The smallest absolute Gasteiger partial charge is 0.303 e. The number of amides is 2. The number of nitrogens with zero attached hydrogens (tertiary/aromatic N) is 1. The third kappa shape index (κ3) is 5.58. The van der Waals surface area contributed by atoms with Gasteiger partial charge in [0.25, 0.3) is 0 Å². The molecule has 10 heteroatoms. The van der Waals surface area contributed by atoms with Crippen LogP contribution in [0.15, 0.2) is 90.5 Å². The molecule has 1 saturated heterocycles. The van der Waals surface area contributed by atoms with E-state index in [1.54, 1.807) is 24.3 Å². The van der Waals surface area contributed by atoms with Gasteiger partial charge < -0.3 is 14.9 Å². The average Bonchev–Trinajstić information content (AvgIpc) is 3.38. The third-order valence-corrected chi connectivity index (χ3v) is 11.6. The number of ether oxygens (including phenoxy) is 1. The van der Waals surface area contributed by atoms with Crippen molar-refractivity contribution in [1.82, 2.24) is 4.90 Å². The number of likely N-dealkylation sites (tertiary alicyclic amines) is 1. The summed E-state index contributed by atoms with van der Waals surface area (Å²) in [5, 5.41) is 19.8. The van der Waals surface area contributed by atoms with Crippen LogP contribution in [-0.4, -0.2) is 58.1 Å². The number of fused-ring (bicyclic) bond motifs is 4. The Bertz CT molecular complexity index is 1990. The van der Waals surface area contributed by atoms with Crippen LogP contribution in [0.3, 0.4) is 0 Å². The minimum Gasteiger partial charge on any atom is -0.503 e. The number of carbonyl (C=O) groups is 5. The molecule has 4 aliphatic rings. The number of aliphatic carboxylic acids is 1. The van der Waals surface area contributed by atoms with Gasteiger partial charge >= 0.3 is 5.97 Å².